The first-order chi connectivity index (χ1) is 20.1. The highest BCUT2D eigenvalue weighted by Gasteiger charge is 2.45. The van der Waals surface area contributed by atoms with E-state index < -0.39 is 59.1 Å². The Morgan fingerprint density at radius 3 is 2.47 bits per heavy atom. The highest BCUT2D eigenvalue weighted by molar-refractivity contribution is 5.81. The van der Waals surface area contributed by atoms with E-state index in [9.17, 15) is 36.6 Å². The molecule has 1 aliphatic heterocycles. The maximum atomic E-state index is 13.5. The minimum absolute atomic E-state index is 0.00921. The molecule has 43 heavy (non-hydrogen) atoms. The number of aliphatic hydroxyl groups is 2. The highest BCUT2D eigenvalue weighted by atomic mass is 19.4. The van der Waals surface area contributed by atoms with Gasteiger partial charge < -0.3 is 25.7 Å². The largest absolute Gasteiger partial charge is 0.418 e. The minimum Gasteiger partial charge on any atom is -0.387 e. The van der Waals surface area contributed by atoms with Gasteiger partial charge in [-0.1, -0.05) is 0 Å². The van der Waals surface area contributed by atoms with Crippen LogP contribution in [-0.4, -0.2) is 82.0 Å². The molecule has 234 valence electrons. The van der Waals surface area contributed by atoms with Crippen molar-refractivity contribution >= 4 is 28.0 Å². The lowest BCUT2D eigenvalue weighted by molar-refractivity contribution is -0.142. The van der Waals surface area contributed by atoms with Gasteiger partial charge in [-0.25, -0.2) is 19.9 Å². The standard InChI is InChI=1S/C26H30F6N8O3/c1-12(2)39(9-16-20(41)21(42)24(43-16)40-11-36-19-22(33)34-10-35-23(19)40)6-4-3-5-17-37-15-8-13(25(27,28)29)7-14(18(15)38-17)26(30,31)32/h7-8,10-12,16,20-21,24,41-42H,3-6,9H2,1-2H3,(H,37,38)(H2,33,34,35)/t16-,20-,21-,24-/m1/s1. The summed E-state index contributed by atoms with van der Waals surface area (Å²) < 4.78 is 87.5. The molecule has 0 amide bonds. The van der Waals surface area contributed by atoms with Crippen molar-refractivity contribution in [3.05, 3.63) is 41.7 Å². The maximum absolute atomic E-state index is 13.5. The van der Waals surface area contributed by atoms with Crippen LogP contribution >= 0.6 is 0 Å². The number of halogens is 6. The van der Waals surface area contributed by atoms with E-state index in [-0.39, 0.29) is 36.7 Å². The van der Waals surface area contributed by atoms with Gasteiger partial charge in [-0.2, -0.15) is 26.3 Å². The smallest absolute Gasteiger partial charge is 0.387 e. The number of nitrogen functional groups attached to an aromatic ring is 1. The minimum atomic E-state index is -4.99. The summed E-state index contributed by atoms with van der Waals surface area (Å²) >= 11 is 0. The summed E-state index contributed by atoms with van der Waals surface area (Å²) in [5.74, 6) is 0.308. The number of H-pyrrole nitrogens is 1. The lowest BCUT2D eigenvalue weighted by Crippen LogP contribution is -2.43. The quantitative estimate of drug-likeness (QED) is 0.163. The summed E-state index contributed by atoms with van der Waals surface area (Å²) in [5, 5.41) is 21.5. The Labute approximate surface area is 240 Å². The third kappa shape index (κ3) is 6.25. The molecule has 5 N–H and O–H groups in total. The van der Waals surface area contributed by atoms with Crippen molar-refractivity contribution in [2.45, 2.75) is 76.0 Å². The molecule has 5 rings (SSSR count). The molecule has 4 atom stereocenters. The van der Waals surface area contributed by atoms with E-state index in [1.165, 1.54) is 17.2 Å². The van der Waals surface area contributed by atoms with Crippen LogP contribution < -0.4 is 5.73 Å². The summed E-state index contributed by atoms with van der Waals surface area (Å²) in [6.45, 7) is 4.65. The number of aromatic nitrogens is 6. The number of anilines is 1. The van der Waals surface area contributed by atoms with Gasteiger partial charge in [-0.15, -0.1) is 0 Å². The van der Waals surface area contributed by atoms with Crippen molar-refractivity contribution < 1.29 is 41.3 Å². The van der Waals surface area contributed by atoms with E-state index in [0.717, 1.165) is 0 Å². The summed E-state index contributed by atoms with van der Waals surface area (Å²) in [7, 11) is 0. The number of hydrogen-bond acceptors (Lipinski definition) is 9. The van der Waals surface area contributed by atoms with Crippen LogP contribution in [0, 0.1) is 0 Å². The Morgan fingerprint density at radius 1 is 1.05 bits per heavy atom. The number of aliphatic hydroxyl groups excluding tert-OH is 2. The fraction of sp³-hybridized carbons (Fsp3) is 0.538. The van der Waals surface area contributed by atoms with Gasteiger partial charge in [-0.3, -0.25) is 9.47 Å². The number of aryl methyl sites for hydroxylation is 1. The number of imidazole rings is 2. The van der Waals surface area contributed by atoms with E-state index in [4.69, 9.17) is 10.5 Å². The van der Waals surface area contributed by atoms with E-state index in [0.29, 0.717) is 36.6 Å². The number of benzene rings is 1. The Kier molecular flexibility index (Phi) is 8.28. The number of hydrogen-bond donors (Lipinski definition) is 4. The van der Waals surface area contributed by atoms with Crippen molar-refractivity contribution in [3.8, 4) is 0 Å². The number of unbranched alkanes of at least 4 members (excludes halogenated alkanes) is 1. The zero-order valence-corrected chi connectivity index (χ0v) is 23.1. The van der Waals surface area contributed by atoms with Crippen molar-refractivity contribution in [2.24, 2.45) is 0 Å². The highest BCUT2D eigenvalue weighted by Crippen LogP contribution is 2.39. The third-order valence-corrected chi connectivity index (χ3v) is 7.53. The Hall–Kier alpha value is -3.54. The molecule has 11 nitrogen and oxygen atoms in total. The molecule has 1 saturated heterocycles. The molecule has 17 heteroatoms. The maximum Gasteiger partial charge on any atom is 0.418 e. The van der Waals surface area contributed by atoms with Gasteiger partial charge in [-0.05, 0) is 45.4 Å². The van der Waals surface area contributed by atoms with Gasteiger partial charge in [0.05, 0.1) is 28.5 Å². The topological polar surface area (TPSA) is 151 Å². The predicted octanol–water partition coefficient (Wildman–Crippen LogP) is 3.67. The van der Waals surface area contributed by atoms with Gasteiger partial charge in [0.1, 0.15) is 36.0 Å². The van der Waals surface area contributed by atoms with Crippen molar-refractivity contribution in [1.82, 2.24) is 34.4 Å². The van der Waals surface area contributed by atoms with Crippen molar-refractivity contribution in [1.29, 1.82) is 0 Å². The molecule has 0 aliphatic carbocycles. The normalized spacial score (nSPS) is 21.7. The summed E-state index contributed by atoms with van der Waals surface area (Å²) in [4.78, 5) is 20.8. The molecule has 1 aromatic carbocycles. The Balaban J connectivity index is 1.22. The zero-order chi connectivity index (χ0) is 31.3. The van der Waals surface area contributed by atoms with Crippen molar-refractivity contribution in [2.75, 3.05) is 18.8 Å². The molecule has 0 spiro atoms. The van der Waals surface area contributed by atoms with Gasteiger partial charge in [0, 0.05) is 19.0 Å². The first kappa shape index (κ1) is 30.9. The molecular formula is C26H30F6N8O3. The molecule has 0 radical (unpaired) electrons. The van der Waals surface area contributed by atoms with Gasteiger partial charge in [0.15, 0.2) is 17.7 Å². The molecule has 0 saturated carbocycles. The number of nitrogens with zero attached hydrogens (tertiary/aromatic N) is 6. The number of aromatic amines is 1. The fourth-order valence-corrected chi connectivity index (χ4v) is 5.23. The summed E-state index contributed by atoms with van der Waals surface area (Å²) in [6.07, 6.45) is -10.3. The van der Waals surface area contributed by atoms with E-state index in [1.807, 2.05) is 18.7 Å². The molecule has 3 aromatic heterocycles. The number of ether oxygens (including phenoxy) is 1. The van der Waals surface area contributed by atoms with Crippen LogP contribution in [0.25, 0.3) is 22.2 Å². The number of nitrogens with two attached hydrogens (primary N) is 1. The molecule has 4 aromatic rings. The van der Waals surface area contributed by atoms with Crippen LogP contribution in [0.1, 0.15) is 49.9 Å². The van der Waals surface area contributed by atoms with Crippen molar-refractivity contribution in [3.63, 3.8) is 0 Å². The molecule has 0 unspecified atom stereocenters. The van der Waals surface area contributed by atoms with E-state index >= 15 is 0 Å². The number of fused-ring (bicyclic) bond motifs is 2. The van der Waals surface area contributed by atoms with Crippen LogP contribution in [0.3, 0.4) is 0 Å². The average Bonchev–Trinajstić information content (AvgIpc) is 3.60. The predicted molar refractivity (Wildman–Crippen MR) is 141 cm³/mol. The summed E-state index contributed by atoms with van der Waals surface area (Å²) in [6, 6.07) is 0.702. The average molecular weight is 617 g/mol. The second-order valence-electron chi connectivity index (χ2n) is 10.8. The molecule has 0 bridgehead atoms. The zero-order valence-electron chi connectivity index (χ0n) is 23.1. The molecule has 1 aliphatic rings. The molecular weight excluding hydrogens is 586 g/mol. The van der Waals surface area contributed by atoms with E-state index in [2.05, 4.69) is 24.9 Å². The van der Waals surface area contributed by atoms with Gasteiger partial charge in [0.25, 0.3) is 0 Å². The monoisotopic (exact) mass is 616 g/mol. The number of nitrogens with one attached hydrogen (secondary N) is 1. The van der Waals surface area contributed by atoms with Crippen LogP contribution in [0.15, 0.2) is 24.8 Å². The van der Waals surface area contributed by atoms with E-state index in [1.54, 1.807) is 0 Å². The number of rotatable bonds is 9. The Morgan fingerprint density at radius 2 is 1.79 bits per heavy atom. The van der Waals surface area contributed by atoms with Gasteiger partial charge >= 0.3 is 12.4 Å². The second-order valence-corrected chi connectivity index (χ2v) is 10.8. The third-order valence-electron chi connectivity index (χ3n) is 7.53. The SMILES string of the molecule is CC(C)N(CCCCc1nc2cc(C(F)(F)F)cc(C(F)(F)F)c2[nH]1)C[C@H]1O[C@@H](n2cnc3c(N)ncnc32)[C@H](O)[C@@H]1O. The van der Waals surface area contributed by atoms with Crippen LogP contribution in [0.2, 0.25) is 0 Å². The number of alkyl halides is 6. The first-order valence-electron chi connectivity index (χ1n) is 13.5. The second kappa shape index (κ2) is 11.5. The lowest BCUT2D eigenvalue weighted by Gasteiger charge is -2.30. The lowest BCUT2D eigenvalue weighted by atomic mass is 10.1. The Bertz CT molecular complexity index is 1590. The van der Waals surface area contributed by atoms with Gasteiger partial charge in [0.2, 0.25) is 0 Å². The first-order valence-corrected chi connectivity index (χ1v) is 13.5. The van der Waals surface area contributed by atoms with Crippen LogP contribution in [0.4, 0.5) is 32.2 Å². The fourth-order valence-electron chi connectivity index (χ4n) is 5.23. The molecule has 4 heterocycles. The molecule has 1 fully saturated rings. The van der Waals surface area contributed by atoms with Crippen LogP contribution in [0.5, 0.6) is 0 Å². The summed E-state index contributed by atoms with van der Waals surface area (Å²) in [5.41, 5.74) is 2.79. The van der Waals surface area contributed by atoms with Crippen LogP contribution in [-0.2, 0) is 23.5 Å².